The van der Waals surface area contributed by atoms with E-state index < -0.39 is 6.10 Å². The highest BCUT2D eigenvalue weighted by atomic mass is 16.6. The quantitative estimate of drug-likeness (QED) is 0.0261. The average Bonchev–Trinajstić information content (AvgIpc) is 3.45. The molecule has 0 saturated heterocycles. The van der Waals surface area contributed by atoms with Crippen molar-refractivity contribution in [3.05, 3.63) is 134 Å². The molecule has 0 aromatic heterocycles. The molecule has 0 aliphatic rings. The molecule has 0 saturated carbocycles. The second kappa shape index (κ2) is 66.1. The van der Waals surface area contributed by atoms with Crippen LogP contribution in [-0.4, -0.2) is 37.2 Å². The van der Waals surface area contributed by atoms with E-state index in [1.807, 2.05) is 0 Å². The van der Waals surface area contributed by atoms with Crippen molar-refractivity contribution in [2.75, 3.05) is 13.2 Å². The summed E-state index contributed by atoms with van der Waals surface area (Å²) in [6.07, 6.45) is 93.0. The van der Waals surface area contributed by atoms with E-state index in [1.165, 1.54) is 103 Å². The number of rotatable bonds is 58. The lowest BCUT2D eigenvalue weighted by atomic mass is 10.1. The van der Waals surface area contributed by atoms with E-state index in [4.69, 9.17) is 14.2 Å². The first kappa shape index (κ1) is 74.5. The van der Waals surface area contributed by atoms with Gasteiger partial charge in [0.25, 0.3) is 0 Å². The predicted octanol–water partition coefficient (Wildman–Crippen LogP) is 22.5. The van der Waals surface area contributed by atoms with Crippen LogP contribution in [0.4, 0.5) is 0 Å². The summed E-state index contributed by atoms with van der Waals surface area (Å²) in [5.74, 6) is -0.923. The number of carbonyl (C=O) groups excluding carboxylic acids is 3. The van der Waals surface area contributed by atoms with Gasteiger partial charge in [-0.05, 0) is 141 Å². The minimum absolute atomic E-state index is 0.0949. The average molecular weight is 1090 g/mol. The highest BCUT2D eigenvalue weighted by Gasteiger charge is 2.19. The molecule has 1 unspecified atom stereocenters. The number of allylic oxidation sites excluding steroid dienone is 22. The SMILES string of the molecule is CC/C=C\C/C=C\C/C=C\C/C=C\C/C=C\C/C=C\C/C=C\CCCCCCCCCC(=O)OCC(COC(=O)CCCCCCC/C=C\C/C=C\CCCCC)OC(=O)CCCCCCCCC/C=C\C/C=C\CCCCC. The zero-order valence-corrected chi connectivity index (χ0v) is 51.3. The van der Waals surface area contributed by atoms with Gasteiger partial charge in [0.15, 0.2) is 6.10 Å². The van der Waals surface area contributed by atoms with E-state index in [0.717, 1.165) is 148 Å². The lowest BCUT2D eigenvalue weighted by molar-refractivity contribution is -0.167. The molecule has 6 nitrogen and oxygen atoms in total. The molecule has 0 amide bonds. The molecule has 448 valence electrons. The minimum Gasteiger partial charge on any atom is -0.462 e. The summed E-state index contributed by atoms with van der Waals surface area (Å²) in [7, 11) is 0. The van der Waals surface area contributed by atoms with E-state index >= 15 is 0 Å². The van der Waals surface area contributed by atoms with E-state index in [1.54, 1.807) is 0 Å². The third kappa shape index (κ3) is 64.3. The first-order chi connectivity index (χ1) is 39.0. The van der Waals surface area contributed by atoms with Gasteiger partial charge in [-0.2, -0.15) is 0 Å². The van der Waals surface area contributed by atoms with Crippen molar-refractivity contribution >= 4 is 17.9 Å². The van der Waals surface area contributed by atoms with Crippen molar-refractivity contribution in [1.29, 1.82) is 0 Å². The van der Waals surface area contributed by atoms with Crippen LogP contribution in [0.1, 0.15) is 290 Å². The third-order valence-corrected chi connectivity index (χ3v) is 13.6. The molecule has 0 radical (unpaired) electrons. The number of carbonyl (C=O) groups is 3. The van der Waals surface area contributed by atoms with Gasteiger partial charge < -0.3 is 14.2 Å². The van der Waals surface area contributed by atoms with Gasteiger partial charge in [-0.1, -0.05) is 264 Å². The number of esters is 3. The van der Waals surface area contributed by atoms with Crippen LogP contribution in [-0.2, 0) is 28.6 Å². The Morgan fingerprint density at radius 1 is 0.266 bits per heavy atom. The summed E-state index contributed by atoms with van der Waals surface area (Å²) in [5, 5.41) is 0. The van der Waals surface area contributed by atoms with Crippen LogP contribution in [0.2, 0.25) is 0 Å². The van der Waals surface area contributed by atoms with Crippen LogP contribution in [0.25, 0.3) is 0 Å². The van der Waals surface area contributed by atoms with E-state index in [9.17, 15) is 14.4 Å². The maximum atomic E-state index is 12.9. The van der Waals surface area contributed by atoms with Crippen molar-refractivity contribution in [2.45, 2.75) is 297 Å². The van der Waals surface area contributed by atoms with Gasteiger partial charge in [-0.15, -0.1) is 0 Å². The maximum Gasteiger partial charge on any atom is 0.306 e. The topological polar surface area (TPSA) is 78.9 Å². The predicted molar refractivity (Wildman–Crippen MR) is 343 cm³/mol. The molecule has 0 rings (SSSR count). The Morgan fingerprint density at radius 2 is 0.494 bits per heavy atom. The van der Waals surface area contributed by atoms with Crippen LogP contribution in [0.5, 0.6) is 0 Å². The Balaban J connectivity index is 4.38. The lowest BCUT2D eigenvalue weighted by Gasteiger charge is -2.18. The van der Waals surface area contributed by atoms with Crippen molar-refractivity contribution < 1.29 is 28.6 Å². The zero-order valence-electron chi connectivity index (χ0n) is 51.3. The molecule has 0 spiro atoms. The zero-order chi connectivity index (χ0) is 57.1. The molecule has 0 N–H and O–H groups in total. The van der Waals surface area contributed by atoms with Crippen molar-refractivity contribution in [3.8, 4) is 0 Å². The minimum atomic E-state index is -0.799. The highest BCUT2D eigenvalue weighted by molar-refractivity contribution is 5.71. The number of unbranched alkanes of at least 4 members (excludes halogenated alkanes) is 25. The molecular formula is C73H120O6. The number of hydrogen-bond acceptors (Lipinski definition) is 6. The van der Waals surface area contributed by atoms with Crippen LogP contribution in [0, 0.1) is 0 Å². The normalized spacial score (nSPS) is 13.0. The van der Waals surface area contributed by atoms with Crippen LogP contribution in [0.15, 0.2) is 134 Å². The lowest BCUT2D eigenvalue weighted by Crippen LogP contribution is -2.30. The van der Waals surface area contributed by atoms with Gasteiger partial charge in [0.2, 0.25) is 0 Å². The molecule has 0 fully saturated rings. The van der Waals surface area contributed by atoms with Gasteiger partial charge in [-0.3, -0.25) is 14.4 Å². The molecule has 0 aromatic carbocycles. The van der Waals surface area contributed by atoms with E-state index in [0.29, 0.717) is 19.3 Å². The van der Waals surface area contributed by atoms with E-state index in [2.05, 4.69) is 154 Å². The summed E-state index contributed by atoms with van der Waals surface area (Å²) >= 11 is 0. The van der Waals surface area contributed by atoms with E-state index in [-0.39, 0.29) is 31.1 Å². The number of ether oxygens (including phenoxy) is 3. The summed E-state index contributed by atoms with van der Waals surface area (Å²) in [4.78, 5) is 38.3. The molecule has 1 atom stereocenters. The van der Waals surface area contributed by atoms with Gasteiger partial charge in [0.05, 0.1) is 0 Å². The van der Waals surface area contributed by atoms with Crippen molar-refractivity contribution in [2.24, 2.45) is 0 Å². The molecule has 0 heterocycles. The number of hydrogen-bond donors (Lipinski definition) is 0. The Bertz CT molecular complexity index is 1680. The smallest absolute Gasteiger partial charge is 0.306 e. The Kier molecular flexibility index (Phi) is 62.3. The fourth-order valence-electron chi connectivity index (χ4n) is 8.72. The molecule has 6 heteroatoms. The van der Waals surface area contributed by atoms with Crippen molar-refractivity contribution in [1.82, 2.24) is 0 Å². The first-order valence-electron chi connectivity index (χ1n) is 32.7. The summed E-state index contributed by atoms with van der Waals surface area (Å²) < 4.78 is 16.9. The fourth-order valence-corrected chi connectivity index (χ4v) is 8.72. The fraction of sp³-hybridized carbons (Fsp3) is 0.658. The van der Waals surface area contributed by atoms with Crippen LogP contribution >= 0.6 is 0 Å². The Morgan fingerprint density at radius 3 is 0.772 bits per heavy atom. The monoisotopic (exact) mass is 1090 g/mol. The van der Waals surface area contributed by atoms with Crippen LogP contribution < -0.4 is 0 Å². The summed E-state index contributed by atoms with van der Waals surface area (Å²) in [6.45, 7) is 6.46. The molecule has 0 aliphatic heterocycles. The molecule has 0 bridgehead atoms. The van der Waals surface area contributed by atoms with Crippen LogP contribution in [0.3, 0.4) is 0 Å². The second-order valence-electron chi connectivity index (χ2n) is 21.3. The van der Waals surface area contributed by atoms with Gasteiger partial charge >= 0.3 is 17.9 Å². The molecule has 0 aromatic rings. The molecule has 79 heavy (non-hydrogen) atoms. The standard InChI is InChI=1S/C73H120O6/c1-4-7-10-13-16-19-22-25-28-30-31-32-33-34-35-36-37-38-39-40-41-43-45-48-51-54-57-60-63-66-72(75)78-69-70(68-77-71(74)65-62-59-56-53-50-47-44-27-24-21-18-15-12-9-6-3)79-73(76)67-64-61-58-55-52-49-46-42-29-26-23-20-17-14-11-8-5-2/h7,10,16-21,25-29,31-32,34-35,37-38,40-41,44,70H,4-6,8-9,11-15,22-24,30,33,36,39,42-43,45-69H2,1-3H3/b10-7-,19-16-,20-17-,21-18-,28-25-,29-26-,32-31-,35-34-,38-37-,41-40-,44-27-. The van der Waals surface area contributed by atoms with Gasteiger partial charge in [-0.25, -0.2) is 0 Å². The largest absolute Gasteiger partial charge is 0.462 e. The maximum absolute atomic E-state index is 12.9. The highest BCUT2D eigenvalue weighted by Crippen LogP contribution is 2.15. The molecule has 0 aliphatic carbocycles. The summed E-state index contributed by atoms with van der Waals surface area (Å²) in [6, 6.07) is 0. The Hall–Kier alpha value is -4.45. The third-order valence-electron chi connectivity index (χ3n) is 13.6. The Labute approximate surface area is 487 Å². The van der Waals surface area contributed by atoms with Crippen molar-refractivity contribution in [3.63, 3.8) is 0 Å². The first-order valence-corrected chi connectivity index (χ1v) is 32.7. The second-order valence-corrected chi connectivity index (χ2v) is 21.3. The van der Waals surface area contributed by atoms with Gasteiger partial charge in [0, 0.05) is 19.3 Å². The molecular weight excluding hydrogens is 973 g/mol. The van der Waals surface area contributed by atoms with Gasteiger partial charge in [0.1, 0.15) is 13.2 Å². The summed E-state index contributed by atoms with van der Waals surface area (Å²) in [5.41, 5.74) is 0.